The Balaban J connectivity index is 1.98. The number of benzene rings is 1. The summed E-state index contributed by atoms with van der Waals surface area (Å²) in [5.74, 6) is -2.86. The van der Waals surface area contributed by atoms with E-state index in [1.165, 1.54) is 18.9 Å². The van der Waals surface area contributed by atoms with E-state index in [0.29, 0.717) is 18.4 Å². The van der Waals surface area contributed by atoms with E-state index < -0.39 is 17.5 Å². The van der Waals surface area contributed by atoms with E-state index in [9.17, 15) is 13.2 Å². The van der Waals surface area contributed by atoms with Gasteiger partial charge in [0.15, 0.2) is 17.5 Å². The van der Waals surface area contributed by atoms with Gasteiger partial charge >= 0.3 is 0 Å². The summed E-state index contributed by atoms with van der Waals surface area (Å²) in [6, 6.07) is 2.69. The highest BCUT2D eigenvalue weighted by Crippen LogP contribution is 2.34. The second-order valence-corrected chi connectivity index (χ2v) is 4.87. The van der Waals surface area contributed by atoms with Gasteiger partial charge in [0, 0.05) is 6.04 Å². The lowest BCUT2D eigenvalue weighted by Crippen LogP contribution is -2.31. The second-order valence-electron chi connectivity index (χ2n) is 4.87. The molecule has 0 aliphatic heterocycles. The maximum atomic E-state index is 13.5. The predicted molar refractivity (Wildman–Crippen MR) is 64.8 cm³/mol. The number of aryl methyl sites for hydroxylation is 1. The Morgan fingerprint density at radius 2 is 1.94 bits per heavy atom. The Kier molecular flexibility index (Phi) is 4.27. The third-order valence-electron chi connectivity index (χ3n) is 3.50. The number of rotatable bonds is 6. The van der Waals surface area contributed by atoms with Gasteiger partial charge in [-0.25, -0.2) is 13.2 Å². The zero-order valence-corrected chi connectivity index (χ0v) is 10.5. The third-order valence-corrected chi connectivity index (χ3v) is 3.50. The molecule has 0 spiro atoms. The zero-order chi connectivity index (χ0) is 13.1. The van der Waals surface area contributed by atoms with Gasteiger partial charge in [0.25, 0.3) is 0 Å². The molecule has 0 saturated heterocycles. The smallest absolute Gasteiger partial charge is 0.194 e. The maximum Gasteiger partial charge on any atom is 0.194 e. The molecule has 1 aliphatic rings. The molecule has 0 heterocycles. The van der Waals surface area contributed by atoms with Crippen molar-refractivity contribution in [2.24, 2.45) is 5.92 Å². The molecule has 4 heteroatoms. The van der Waals surface area contributed by atoms with Crippen LogP contribution in [0.2, 0.25) is 0 Å². The minimum Gasteiger partial charge on any atom is -0.314 e. The van der Waals surface area contributed by atoms with Gasteiger partial charge in [-0.15, -0.1) is 0 Å². The number of halogens is 3. The molecule has 1 fully saturated rings. The number of nitrogens with one attached hydrogen (secondary N) is 1. The van der Waals surface area contributed by atoms with Gasteiger partial charge in [-0.3, -0.25) is 0 Å². The average Bonchev–Trinajstić information content (AvgIpc) is 3.18. The first-order chi connectivity index (χ1) is 8.63. The lowest BCUT2D eigenvalue weighted by Gasteiger charge is -2.17. The van der Waals surface area contributed by atoms with Gasteiger partial charge < -0.3 is 5.32 Å². The van der Waals surface area contributed by atoms with Crippen molar-refractivity contribution in [3.8, 4) is 0 Å². The first-order valence-electron chi connectivity index (χ1n) is 6.49. The Labute approximate surface area is 105 Å². The molecule has 0 bridgehead atoms. The van der Waals surface area contributed by atoms with Crippen LogP contribution in [0.3, 0.4) is 0 Å². The molecule has 0 aromatic heterocycles. The second kappa shape index (κ2) is 5.74. The van der Waals surface area contributed by atoms with E-state index in [-0.39, 0.29) is 5.56 Å². The number of hydrogen-bond donors (Lipinski definition) is 1. The summed E-state index contributed by atoms with van der Waals surface area (Å²) >= 11 is 0. The van der Waals surface area contributed by atoms with Crippen molar-refractivity contribution in [2.45, 2.75) is 38.6 Å². The first kappa shape index (κ1) is 13.4. The van der Waals surface area contributed by atoms with Gasteiger partial charge in [-0.1, -0.05) is 13.0 Å². The van der Waals surface area contributed by atoms with Crippen molar-refractivity contribution >= 4 is 0 Å². The average molecular weight is 257 g/mol. The fourth-order valence-electron chi connectivity index (χ4n) is 2.34. The molecule has 100 valence electrons. The minimum absolute atomic E-state index is 0.262. The van der Waals surface area contributed by atoms with Crippen molar-refractivity contribution in [3.05, 3.63) is 35.1 Å². The summed E-state index contributed by atoms with van der Waals surface area (Å²) in [6.45, 7) is 2.91. The monoisotopic (exact) mass is 257 g/mol. The molecule has 1 nitrogen and oxygen atoms in total. The topological polar surface area (TPSA) is 12.0 Å². The van der Waals surface area contributed by atoms with E-state index in [1.54, 1.807) is 0 Å². The van der Waals surface area contributed by atoms with Crippen molar-refractivity contribution < 1.29 is 13.2 Å². The fourth-order valence-corrected chi connectivity index (χ4v) is 2.34. The molecule has 18 heavy (non-hydrogen) atoms. The molecule has 1 aromatic rings. The molecule has 0 amide bonds. The molecular formula is C14H18F3N. The molecule has 1 unspecified atom stereocenters. The van der Waals surface area contributed by atoms with Gasteiger partial charge in [0.2, 0.25) is 0 Å². The first-order valence-corrected chi connectivity index (χ1v) is 6.49. The summed E-state index contributed by atoms with van der Waals surface area (Å²) in [5, 5.41) is 3.37. The summed E-state index contributed by atoms with van der Waals surface area (Å²) in [4.78, 5) is 0. The lowest BCUT2D eigenvalue weighted by atomic mass is 10.0. The van der Waals surface area contributed by atoms with Crippen LogP contribution in [-0.4, -0.2) is 12.6 Å². The van der Waals surface area contributed by atoms with Crippen LogP contribution in [0.4, 0.5) is 13.2 Å². The molecule has 1 aromatic carbocycles. The Hall–Kier alpha value is -1.03. The van der Waals surface area contributed by atoms with E-state index >= 15 is 0 Å². The molecule has 0 radical (unpaired) electrons. The SMILES string of the molecule is CCNC(CCc1ccc(F)c(F)c1F)C1CC1. The van der Waals surface area contributed by atoms with E-state index in [1.807, 2.05) is 6.92 Å². The van der Waals surface area contributed by atoms with Crippen LogP contribution in [0.15, 0.2) is 12.1 Å². The molecule has 1 aliphatic carbocycles. The number of hydrogen-bond acceptors (Lipinski definition) is 1. The maximum absolute atomic E-state index is 13.5. The molecular weight excluding hydrogens is 239 g/mol. The van der Waals surface area contributed by atoms with Crippen LogP contribution < -0.4 is 5.32 Å². The summed E-state index contributed by atoms with van der Waals surface area (Å²) in [7, 11) is 0. The van der Waals surface area contributed by atoms with Crippen LogP contribution in [0.1, 0.15) is 31.7 Å². The van der Waals surface area contributed by atoms with Gasteiger partial charge in [-0.05, 0) is 49.8 Å². The predicted octanol–water partition coefficient (Wildman–Crippen LogP) is 3.42. The Morgan fingerprint density at radius 1 is 1.22 bits per heavy atom. The van der Waals surface area contributed by atoms with Crippen LogP contribution in [0.25, 0.3) is 0 Å². The van der Waals surface area contributed by atoms with Crippen molar-refractivity contribution in [1.29, 1.82) is 0 Å². The molecule has 1 atom stereocenters. The van der Waals surface area contributed by atoms with Crippen molar-refractivity contribution in [3.63, 3.8) is 0 Å². The van der Waals surface area contributed by atoms with Gasteiger partial charge in [0.05, 0.1) is 0 Å². The molecule has 2 rings (SSSR count). The highest BCUT2D eigenvalue weighted by Gasteiger charge is 2.30. The molecule has 1 saturated carbocycles. The highest BCUT2D eigenvalue weighted by atomic mass is 19.2. The quantitative estimate of drug-likeness (QED) is 0.770. The van der Waals surface area contributed by atoms with Gasteiger partial charge in [0.1, 0.15) is 0 Å². The largest absolute Gasteiger partial charge is 0.314 e. The fraction of sp³-hybridized carbons (Fsp3) is 0.571. The van der Waals surface area contributed by atoms with E-state index in [0.717, 1.165) is 19.0 Å². The van der Waals surface area contributed by atoms with Crippen molar-refractivity contribution in [2.75, 3.05) is 6.54 Å². The summed E-state index contributed by atoms with van der Waals surface area (Å²) in [5.41, 5.74) is 0.262. The third kappa shape index (κ3) is 3.05. The zero-order valence-electron chi connectivity index (χ0n) is 10.5. The standard InChI is InChI=1S/C14H18F3N/c1-2-18-12(9-3-4-9)8-6-10-5-7-11(15)14(17)13(10)16/h5,7,9,12,18H,2-4,6,8H2,1H3. The van der Waals surface area contributed by atoms with Gasteiger partial charge in [-0.2, -0.15) is 0 Å². The van der Waals surface area contributed by atoms with Crippen LogP contribution >= 0.6 is 0 Å². The van der Waals surface area contributed by atoms with Crippen LogP contribution in [0.5, 0.6) is 0 Å². The lowest BCUT2D eigenvalue weighted by molar-refractivity contribution is 0.424. The van der Waals surface area contributed by atoms with Crippen LogP contribution in [0, 0.1) is 23.4 Å². The summed E-state index contributed by atoms with van der Waals surface area (Å²) in [6.07, 6.45) is 3.62. The Morgan fingerprint density at radius 3 is 2.56 bits per heavy atom. The normalized spacial score (nSPS) is 16.9. The van der Waals surface area contributed by atoms with Crippen LogP contribution in [-0.2, 0) is 6.42 Å². The summed E-state index contributed by atoms with van der Waals surface area (Å²) < 4.78 is 39.3. The molecule has 1 N–H and O–H groups in total. The van der Waals surface area contributed by atoms with E-state index in [4.69, 9.17) is 0 Å². The van der Waals surface area contributed by atoms with E-state index in [2.05, 4.69) is 5.32 Å². The van der Waals surface area contributed by atoms with Crippen molar-refractivity contribution in [1.82, 2.24) is 5.32 Å². The minimum atomic E-state index is -1.36. The Bertz CT molecular complexity index is 416. The highest BCUT2D eigenvalue weighted by molar-refractivity contribution is 5.20.